The van der Waals surface area contributed by atoms with E-state index < -0.39 is 106 Å². The number of aromatic hydroxyl groups is 6. The summed E-state index contributed by atoms with van der Waals surface area (Å²) in [5.74, 6) is -9.67. The molecule has 182 valence electrons. The summed E-state index contributed by atoms with van der Waals surface area (Å²) in [5.41, 5.74) is -3.15. The number of phenols is 6. The number of ether oxygens (including phenoxy) is 3. The van der Waals surface area contributed by atoms with E-state index in [0.29, 0.717) is 12.1 Å². The minimum Gasteiger partial charge on any atom is -0.504 e. The second kappa shape index (κ2) is 8.11. The fourth-order valence-corrected chi connectivity index (χ4v) is 3.81. The van der Waals surface area contributed by atoms with Crippen LogP contribution in [0.25, 0.3) is 11.1 Å². The lowest BCUT2D eigenvalue weighted by atomic mass is 9.91. The first-order valence-electron chi connectivity index (χ1n) is 9.58. The standard InChI is InChI=1S/C20H18O14/c21-3-8-13(26)16-17(20(31)32-8)34-19(30)5-2-7(23)12(25)15(28)10(5)9-4(18(29)33-16)1-6(22)11(24)14(9)27/h1-2,8,13,16-17,20-28,31H,3H2/t8-,13+,16+,17+,20-/m1/s1. The maximum atomic E-state index is 13.0. The fraction of sp³-hybridized carbons (Fsp3) is 0.300. The van der Waals surface area contributed by atoms with Crippen LogP contribution in [0.1, 0.15) is 20.7 Å². The van der Waals surface area contributed by atoms with Crippen molar-refractivity contribution in [3.05, 3.63) is 23.3 Å². The quantitative estimate of drug-likeness (QED) is 0.170. The molecule has 0 aromatic heterocycles. The van der Waals surface area contributed by atoms with Crippen molar-refractivity contribution in [2.75, 3.05) is 6.61 Å². The smallest absolute Gasteiger partial charge is 0.339 e. The summed E-state index contributed by atoms with van der Waals surface area (Å²) in [7, 11) is 0. The average molecular weight is 482 g/mol. The molecular weight excluding hydrogens is 464 g/mol. The largest absolute Gasteiger partial charge is 0.504 e. The van der Waals surface area contributed by atoms with Crippen LogP contribution in [0.3, 0.4) is 0 Å². The molecule has 4 rings (SSSR count). The Hall–Kier alpha value is -3.98. The van der Waals surface area contributed by atoms with Gasteiger partial charge in [-0.2, -0.15) is 0 Å². The predicted octanol–water partition coefficient (Wildman–Crippen LogP) is -1.28. The molecule has 5 atom stereocenters. The number of aliphatic hydroxyl groups is 3. The second-order valence-corrected chi connectivity index (χ2v) is 7.51. The van der Waals surface area contributed by atoms with E-state index in [1.807, 2.05) is 0 Å². The van der Waals surface area contributed by atoms with Crippen molar-refractivity contribution < 1.29 is 69.8 Å². The van der Waals surface area contributed by atoms with Crippen molar-refractivity contribution in [3.8, 4) is 45.6 Å². The van der Waals surface area contributed by atoms with E-state index in [4.69, 9.17) is 14.2 Å². The highest BCUT2D eigenvalue weighted by atomic mass is 16.7. The van der Waals surface area contributed by atoms with Gasteiger partial charge >= 0.3 is 11.9 Å². The average Bonchev–Trinajstić information content (AvgIpc) is 2.79. The molecule has 0 unspecified atom stereocenters. The maximum Gasteiger partial charge on any atom is 0.339 e. The number of esters is 2. The van der Waals surface area contributed by atoms with Crippen molar-refractivity contribution in [3.63, 3.8) is 0 Å². The molecule has 2 aliphatic rings. The van der Waals surface area contributed by atoms with Crippen LogP contribution in [0, 0.1) is 0 Å². The number of carbonyl (C=O) groups excluding carboxylic acids is 2. The van der Waals surface area contributed by atoms with Gasteiger partial charge in [0.15, 0.2) is 41.5 Å². The monoisotopic (exact) mass is 482 g/mol. The molecule has 34 heavy (non-hydrogen) atoms. The van der Waals surface area contributed by atoms with Crippen LogP contribution < -0.4 is 0 Å². The lowest BCUT2D eigenvalue weighted by Gasteiger charge is -2.41. The molecule has 0 spiro atoms. The zero-order valence-electron chi connectivity index (χ0n) is 16.8. The summed E-state index contributed by atoms with van der Waals surface area (Å²) in [6.45, 7) is -0.831. The van der Waals surface area contributed by atoms with E-state index in [1.54, 1.807) is 0 Å². The molecule has 0 aliphatic carbocycles. The van der Waals surface area contributed by atoms with Crippen molar-refractivity contribution in [1.29, 1.82) is 0 Å². The topological polar surface area (TPSA) is 244 Å². The van der Waals surface area contributed by atoms with Crippen molar-refractivity contribution in [2.24, 2.45) is 0 Å². The number of carbonyl (C=O) groups is 2. The molecule has 0 radical (unpaired) electrons. The van der Waals surface area contributed by atoms with Crippen LogP contribution in [0.15, 0.2) is 12.1 Å². The molecule has 0 saturated carbocycles. The molecule has 2 aliphatic heterocycles. The van der Waals surface area contributed by atoms with Crippen LogP contribution in [0.4, 0.5) is 0 Å². The Morgan fingerprint density at radius 1 is 0.706 bits per heavy atom. The normalized spacial score (nSPS) is 26.5. The number of benzene rings is 2. The molecular formula is C20H18O14. The summed E-state index contributed by atoms with van der Waals surface area (Å²) < 4.78 is 15.3. The van der Waals surface area contributed by atoms with Crippen LogP contribution in [0.5, 0.6) is 34.5 Å². The summed E-state index contributed by atoms with van der Waals surface area (Å²) in [6, 6.07) is 1.21. The Morgan fingerprint density at radius 2 is 1.15 bits per heavy atom. The van der Waals surface area contributed by atoms with Gasteiger partial charge in [-0.05, 0) is 12.1 Å². The van der Waals surface area contributed by atoms with Gasteiger partial charge in [0, 0.05) is 11.1 Å². The lowest BCUT2D eigenvalue weighted by molar-refractivity contribution is -0.285. The van der Waals surface area contributed by atoms with Crippen LogP contribution >= 0.6 is 0 Å². The Kier molecular flexibility index (Phi) is 5.53. The number of rotatable bonds is 1. The molecule has 2 heterocycles. The van der Waals surface area contributed by atoms with E-state index in [1.165, 1.54) is 0 Å². The highest BCUT2D eigenvalue weighted by molar-refractivity contribution is 6.08. The Bertz CT molecular complexity index is 1190. The van der Waals surface area contributed by atoms with Gasteiger partial charge in [0.2, 0.25) is 11.5 Å². The molecule has 14 heteroatoms. The molecule has 2 aromatic carbocycles. The van der Waals surface area contributed by atoms with Gasteiger partial charge in [-0.25, -0.2) is 9.59 Å². The van der Waals surface area contributed by atoms with E-state index >= 15 is 0 Å². The van der Waals surface area contributed by atoms with Crippen LogP contribution in [-0.4, -0.2) is 95.2 Å². The summed E-state index contributed by atoms with van der Waals surface area (Å²) >= 11 is 0. The molecule has 2 aromatic rings. The van der Waals surface area contributed by atoms with Crippen LogP contribution in [-0.2, 0) is 14.2 Å². The zero-order valence-corrected chi connectivity index (χ0v) is 16.8. The highest BCUT2D eigenvalue weighted by Gasteiger charge is 2.50. The first-order chi connectivity index (χ1) is 16.0. The number of aliphatic hydroxyl groups excluding tert-OH is 3. The van der Waals surface area contributed by atoms with E-state index in [0.717, 1.165) is 0 Å². The molecule has 1 saturated heterocycles. The van der Waals surface area contributed by atoms with Crippen molar-refractivity contribution >= 4 is 11.9 Å². The van der Waals surface area contributed by atoms with E-state index in [2.05, 4.69) is 0 Å². The third-order valence-corrected chi connectivity index (χ3v) is 5.50. The number of phenolic OH excluding ortho intramolecular Hbond substituents is 6. The third kappa shape index (κ3) is 3.36. The van der Waals surface area contributed by atoms with Crippen molar-refractivity contribution in [2.45, 2.75) is 30.7 Å². The van der Waals surface area contributed by atoms with E-state index in [9.17, 15) is 55.5 Å². The SMILES string of the molecule is O=C1O[C@H]2[C@@H](O)[C@@H](CO)O[C@@H](O)[C@H]2OC(=O)c2cc(O)c(O)c(O)c2-c2c1cc(O)c(O)c2O. The first kappa shape index (κ1) is 23.2. The second-order valence-electron chi connectivity index (χ2n) is 7.51. The number of hydrogen-bond acceptors (Lipinski definition) is 14. The van der Waals surface area contributed by atoms with Gasteiger partial charge in [-0.3, -0.25) is 0 Å². The maximum absolute atomic E-state index is 13.0. The lowest BCUT2D eigenvalue weighted by Crippen LogP contribution is -2.61. The molecule has 0 bridgehead atoms. The van der Waals surface area contributed by atoms with E-state index in [-0.39, 0.29) is 0 Å². The van der Waals surface area contributed by atoms with Gasteiger partial charge in [-0.1, -0.05) is 0 Å². The Balaban J connectivity index is 2.04. The fourth-order valence-electron chi connectivity index (χ4n) is 3.81. The third-order valence-electron chi connectivity index (χ3n) is 5.50. The van der Waals surface area contributed by atoms with Gasteiger partial charge in [0.1, 0.15) is 12.2 Å². The minimum absolute atomic E-state index is 0.602. The Morgan fingerprint density at radius 3 is 1.59 bits per heavy atom. The predicted molar refractivity (Wildman–Crippen MR) is 104 cm³/mol. The van der Waals surface area contributed by atoms with Gasteiger partial charge in [0.25, 0.3) is 0 Å². The number of hydrogen-bond donors (Lipinski definition) is 9. The minimum atomic E-state index is -2.02. The van der Waals surface area contributed by atoms with Gasteiger partial charge in [0.05, 0.1) is 17.7 Å². The Labute approximate surface area is 188 Å². The first-order valence-corrected chi connectivity index (χ1v) is 9.58. The zero-order chi connectivity index (χ0) is 25.1. The molecule has 14 nitrogen and oxygen atoms in total. The molecule has 1 fully saturated rings. The van der Waals surface area contributed by atoms with Crippen molar-refractivity contribution in [1.82, 2.24) is 0 Å². The number of fused-ring (bicyclic) bond motifs is 4. The van der Waals surface area contributed by atoms with Gasteiger partial charge < -0.3 is 60.2 Å². The summed E-state index contributed by atoms with van der Waals surface area (Å²) in [4.78, 5) is 26.0. The summed E-state index contributed by atoms with van der Waals surface area (Å²) in [5, 5.41) is 90.9. The summed E-state index contributed by atoms with van der Waals surface area (Å²) in [6.07, 6.45) is -9.06. The molecule has 9 N–H and O–H groups in total. The van der Waals surface area contributed by atoms with Gasteiger partial charge in [-0.15, -0.1) is 0 Å². The molecule has 0 amide bonds. The highest BCUT2D eigenvalue weighted by Crippen LogP contribution is 2.53. The van der Waals surface area contributed by atoms with Crippen LogP contribution in [0.2, 0.25) is 0 Å².